The molecule has 0 aromatic heterocycles. The van der Waals surface area contributed by atoms with Gasteiger partial charge in [-0.1, -0.05) is 36.6 Å². The van der Waals surface area contributed by atoms with Crippen molar-refractivity contribution in [2.24, 2.45) is 5.92 Å². The molecule has 1 saturated carbocycles. The number of halogens is 1. The Hall–Kier alpha value is -1.48. The Morgan fingerprint density at radius 3 is 2.84 bits per heavy atom. The van der Waals surface area contributed by atoms with E-state index in [1.54, 1.807) is 18.2 Å². The first kappa shape index (κ1) is 13.9. The highest BCUT2D eigenvalue weighted by Crippen LogP contribution is 2.32. The molecule has 1 fully saturated rings. The van der Waals surface area contributed by atoms with Crippen LogP contribution in [-0.4, -0.2) is 17.7 Å². The van der Waals surface area contributed by atoms with Crippen molar-refractivity contribution >= 4 is 23.6 Å². The van der Waals surface area contributed by atoms with Crippen molar-refractivity contribution in [2.45, 2.75) is 25.7 Å². The van der Waals surface area contributed by atoms with Gasteiger partial charge in [0.2, 0.25) is 0 Å². The molecule has 0 aliphatic heterocycles. The molecule has 1 aliphatic rings. The molecule has 0 amide bonds. The highest BCUT2D eigenvalue weighted by molar-refractivity contribution is 6.32. The van der Waals surface area contributed by atoms with Crippen LogP contribution in [0.3, 0.4) is 0 Å². The lowest BCUT2D eigenvalue weighted by Crippen LogP contribution is -2.09. The number of carbonyl (C=O) groups is 1. The molecule has 0 unspecified atom stereocenters. The van der Waals surface area contributed by atoms with Crippen molar-refractivity contribution < 1.29 is 14.6 Å². The maximum Gasteiger partial charge on any atom is 0.328 e. The third-order valence-electron chi connectivity index (χ3n) is 3.34. The normalized spacial score (nSPS) is 16.1. The highest BCUT2D eigenvalue weighted by atomic mass is 35.5. The number of hydrogen-bond acceptors (Lipinski definition) is 2. The van der Waals surface area contributed by atoms with E-state index in [1.807, 2.05) is 0 Å². The monoisotopic (exact) mass is 280 g/mol. The van der Waals surface area contributed by atoms with E-state index in [1.165, 1.54) is 31.8 Å². The van der Waals surface area contributed by atoms with Crippen LogP contribution in [0.5, 0.6) is 5.75 Å². The van der Waals surface area contributed by atoms with Gasteiger partial charge in [-0.05, 0) is 30.9 Å². The summed E-state index contributed by atoms with van der Waals surface area (Å²) in [4.78, 5) is 10.6. The van der Waals surface area contributed by atoms with Crippen LogP contribution in [0.1, 0.15) is 31.2 Å². The molecule has 19 heavy (non-hydrogen) atoms. The molecule has 1 N–H and O–H groups in total. The number of hydrogen-bond donors (Lipinski definition) is 1. The van der Waals surface area contributed by atoms with Gasteiger partial charge in [-0.15, -0.1) is 0 Å². The maximum absolute atomic E-state index is 10.6. The average molecular weight is 281 g/mol. The molecule has 0 radical (unpaired) electrons. The fourth-order valence-corrected chi connectivity index (χ4v) is 2.58. The van der Waals surface area contributed by atoms with Gasteiger partial charge in [0.1, 0.15) is 5.75 Å². The van der Waals surface area contributed by atoms with Gasteiger partial charge >= 0.3 is 5.97 Å². The second-order valence-corrected chi connectivity index (χ2v) is 5.20. The Labute approximate surface area is 117 Å². The summed E-state index contributed by atoms with van der Waals surface area (Å²) >= 11 is 6.12. The fraction of sp³-hybridized carbons (Fsp3) is 0.400. The predicted octanol–water partition coefficient (Wildman–Crippen LogP) is 4.01. The summed E-state index contributed by atoms with van der Waals surface area (Å²) in [7, 11) is 0. The van der Waals surface area contributed by atoms with E-state index in [4.69, 9.17) is 21.4 Å². The molecule has 0 spiro atoms. The third kappa shape index (κ3) is 4.00. The summed E-state index contributed by atoms with van der Waals surface area (Å²) < 4.78 is 5.81. The van der Waals surface area contributed by atoms with Crippen LogP contribution in [0.25, 0.3) is 6.08 Å². The molecule has 1 aromatic rings. The van der Waals surface area contributed by atoms with Crippen LogP contribution < -0.4 is 4.74 Å². The zero-order chi connectivity index (χ0) is 13.7. The van der Waals surface area contributed by atoms with E-state index in [-0.39, 0.29) is 0 Å². The van der Waals surface area contributed by atoms with Gasteiger partial charge in [-0.2, -0.15) is 0 Å². The van der Waals surface area contributed by atoms with E-state index in [0.717, 1.165) is 6.08 Å². The molecule has 0 saturated heterocycles. The second-order valence-electron chi connectivity index (χ2n) is 4.79. The Morgan fingerprint density at radius 2 is 2.16 bits per heavy atom. The lowest BCUT2D eigenvalue weighted by molar-refractivity contribution is -0.131. The van der Waals surface area contributed by atoms with Crippen molar-refractivity contribution in [3.63, 3.8) is 0 Å². The van der Waals surface area contributed by atoms with E-state index < -0.39 is 5.97 Å². The Morgan fingerprint density at radius 1 is 1.42 bits per heavy atom. The average Bonchev–Trinajstić information content (AvgIpc) is 2.88. The molecule has 4 heteroatoms. The topological polar surface area (TPSA) is 46.5 Å². The SMILES string of the molecule is O=C(O)/C=C/c1cccc(Cl)c1OCC1CCCC1. The summed E-state index contributed by atoms with van der Waals surface area (Å²) in [5, 5.41) is 9.20. The lowest BCUT2D eigenvalue weighted by Gasteiger charge is -2.14. The van der Waals surface area contributed by atoms with E-state index in [2.05, 4.69) is 0 Å². The molecule has 0 heterocycles. The number of aliphatic carboxylic acids is 1. The number of benzene rings is 1. The summed E-state index contributed by atoms with van der Waals surface area (Å²) in [5.41, 5.74) is 0.702. The summed E-state index contributed by atoms with van der Waals surface area (Å²) in [5.74, 6) is 0.183. The maximum atomic E-state index is 10.6. The summed E-state index contributed by atoms with van der Waals surface area (Å²) in [6.07, 6.45) is 7.53. The molecule has 0 atom stereocenters. The van der Waals surface area contributed by atoms with Crippen molar-refractivity contribution in [3.8, 4) is 5.75 Å². The number of rotatable bonds is 5. The number of carboxylic acids is 1. The van der Waals surface area contributed by atoms with Crippen LogP contribution in [0.15, 0.2) is 24.3 Å². The van der Waals surface area contributed by atoms with Crippen LogP contribution in [-0.2, 0) is 4.79 Å². The van der Waals surface area contributed by atoms with Gasteiger partial charge in [0.05, 0.1) is 11.6 Å². The van der Waals surface area contributed by atoms with Gasteiger partial charge in [-0.25, -0.2) is 4.79 Å². The number of para-hydroxylation sites is 1. The molecule has 2 rings (SSSR count). The van der Waals surface area contributed by atoms with E-state index in [0.29, 0.717) is 28.9 Å². The molecular formula is C15H17ClO3. The Bertz CT molecular complexity index is 476. The molecule has 3 nitrogen and oxygen atoms in total. The largest absolute Gasteiger partial charge is 0.491 e. The zero-order valence-corrected chi connectivity index (χ0v) is 11.4. The minimum Gasteiger partial charge on any atom is -0.491 e. The summed E-state index contributed by atoms with van der Waals surface area (Å²) in [6.45, 7) is 0.650. The first-order chi connectivity index (χ1) is 9.16. The standard InChI is InChI=1S/C15H17ClO3/c16-13-7-3-6-12(8-9-14(17)18)15(13)19-10-11-4-1-2-5-11/h3,6-9,11H,1-2,4-5,10H2,(H,17,18)/b9-8+. The van der Waals surface area contributed by atoms with Gasteiger partial charge in [-0.3, -0.25) is 0 Å². The smallest absolute Gasteiger partial charge is 0.328 e. The van der Waals surface area contributed by atoms with E-state index in [9.17, 15) is 4.79 Å². The molecule has 1 aromatic carbocycles. The highest BCUT2D eigenvalue weighted by Gasteiger charge is 2.17. The Kier molecular flexibility index (Phi) is 4.86. The predicted molar refractivity (Wildman–Crippen MR) is 75.6 cm³/mol. The Balaban J connectivity index is 2.10. The summed E-state index contributed by atoms with van der Waals surface area (Å²) in [6, 6.07) is 5.34. The quantitative estimate of drug-likeness (QED) is 0.829. The van der Waals surface area contributed by atoms with Gasteiger partial charge in [0, 0.05) is 11.6 Å². The minimum atomic E-state index is -0.985. The van der Waals surface area contributed by atoms with Crippen LogP contribution in [0.2, 0.25) is 5.02 Å². The zero-order valence-electron chi connectivity index (χ0n) is 10.6. The number of carboxylic acid groups (broad SMARTS) is 1. The fourth-order valence-electron chi connectivity index (χ4n) is 2.35. The molecule has 0 bridgehead atoms. The number of ether oxygens (including phenoxy) is 1. The van der Waals surface area contributed by atoms with Gasteiger partial charge in [0.15, 0.2) is 0 Å². The molecular weight excluding hydrogens is 264 g/mol. The molecule has 102 valence electrons. The first-order valence-corrected chi connectivity index (χ1v) is 6.87. The van der Waals surface area contributed by atoms with E-state index >= 15 is 0 Å². The van der Waals surface area contributed by atoms with Crippen LogP contribution in [0.4, 0.5) is 0 Å². The van der Waals surface area contributed by atoms with Gasteiger partial charge < -0.3 is 9.84 Å². The minimum absolute atomic E-state index is 0.519. The van der Waals surface area contributed by atoms with Crippen molar-refractivity contribution in [2.75, 3.05) is 6.61 Å². The van der Waals surface area contributed by atoms with Crippen LogP contribution in [0, 0.1) is 5.92 Å². The van der Waals surface area contributed by atoms with Crippen molar-refractivity contribution in [1.82, 2.24) is 0 Å². The van der Waals surface area contributed by atoms with Crippen LogP contribution >= 0.6 is 11.6 Å². The third-order valence-corrected chi connectivity index (χ3v) is 3.64. The first-order valence-electron chi connectivity index (χ1n) is 6.49. The lowest BCUT2D eigenvalue weighted by atomic mass is 10.1. The van der Waals surface area contributed by atoms with Crippen molar-refractivity contribution in [3.05, 3.63) is 34.9 Å². The molecule has 1 aliphatic carbocycles. The van der Waals surface area contributed by atoms with Crippen molar-refractivity contribution in [1.29, 1.82) is 0 Å². The van der Waals surface area contributed by atoms with Gasteiger partial charge in [0.25, 0.3) is 0 Å². The second kappa shape index (κ2) is 6.62.